The van der Waals surface area contributed by atoms with Crippen LogP contribution in [0.4, 0.5) is 14.5 Å². The third-order valence-electron chi connectivity index (χ3n) is 5.89. The van der Waals surface area contributed by atoms with Gasteiger partial charge in [0.2, 0.25) is 0 Å². The highest BCUT2D eigenvalue weighted by atomic mass is 19.1. The number of fused-ring (bicyclic) bond motifs is 2. The summed E-state index contributed by atoms with van der Waals surface area (Å²) in [6.45, 7) is 1.09. The molecule has 0 fully saturated rings. The van der Waals surface area contributed by atoms with Gasteiger partial charge in [-0.1, -0.05) is 12.1 Å². The second kappa shape index (κ2) is 10.3. The number of hydrogen-bond acceptors (Lipinski definition) is 7. The summed E-state index contributed by atoms with van der Waals surface area (Å²) in [7, 11) is 0. The lowest BCUT2D eigenvalue weighted by Crippen LogP contribution is -2.29. The van der Waals surface area contributed by atoms with Crippen molar-refractivity contribution in [1.82, 2.24) is 25.2 Å². The van der Waals surface area contributed by atoms with Gasteiger partial charge in [0.15, 0.2) is 23.9 Å². The number of nitrogens with zero attached hydrogens (tertiary/aromatic N) is 3. The Kier molecular flexibility index (Phi) is 6.71. The summed E-state index contributed by atoms with van der Waals surface area (Å²) in [5.74, 6) is -3.20. The molecule has 0 saturated carbocycles. The van der Waals surface area contributed by atoms with E-state index in [1.165, 1.54) is 19.1 Å². The van der Waals surface area contributed by atoms with Crippen LogP contribution in [0, 0.1) is 11.6 Å². The monoisotopic (exact) mass is 534 g/mol. The molecule has 0 bridgehead atoms. The van der Waals surface area contributed by atoms with Crippen LogP contribution in [0.25, 0.3) is 5.65 Å². The van der Waals surface area contributed by atoms with Crippen molar-refractivity contribution in [1.29, 1.82) is 0 Å². The number of halogens is 2. The van der Waals surface area contributed by atoms with Gasteiger partial charge in [0.05, 0.1) is 17.4 Å². The number of benzene rings is 2. The van der Waals surface area contributed by atoms with Crippen molar-refractivity contribution in [3.8, 4) is 5.75 Å². The van der Waals surface area contributed by atoms with E-state index in [1.54, 1.807) is 18.2 Å². The van der Waals surface area contributed by atoms with Gasteiger partial charge in [-0.05, 0) is 42.3 Å². The fourth-order valence-electron chi connectivity index (χ4n) is 3.95. The fourth-order valence-corrected chi connectivity index (χ4v) is 3.95. The van der Waals surface area contributed by atoms with Crippen molar-refractivity contribution < 1.29 is 32.7 Å². The van der Waals surface area contributed by atoms with E-state index in [1.807, 2.05) is 0 Å². The minimum atomic E-state index is -0.842. The Morgan fingerprint density at radius 3 is 2.46 bits per heavy atom. The molecule has 11 nitrogen and oxygen atoms in total. The maximum atomic E-state index is 14.3. The van der Waals surface area contributed by atoms with Crippen molar-refractivity contribution in [2.24, 2.45) is 0 Å². The normalized spacial score (nSPS) is 12.3. The molecule has 0 radical (unpaired) electrons. The quantitative estimate of drug-likeness (QED) is 0.309. The van der Waals surface area contributed by atoms with Crippen LogP contribution in [0.3, 0.4) is 0 Å². The standard InChI is InChI=1S/C26H20F2N6O5/c1-13(35)16-4-2-14(6-17(16)27)9-30-26(38)21-8-20(33-24-18(28)11-31-34(21)24)25(37)29-10-15-3-5-22-19(7-15)32-23(36)12-39-22/h2-8,11H,9-10,12H2,1H3,(H,29,37)(H,30,38)(H,32,36). The molecular formula is C26H20F2N6O5. The van der Waals surface area contributed by atoms with Gasteiger partial charge in [-0.2, -0.15) is 5.10 Å². The molecule has 0 aliphatic carbocycles. The van der Waals surface area contributed by atoms with Crippen LogP contribution in [0.15, 0.2) is 48.7 Å². The first-order valence-electron chi connectivity index (χ1n) is 11.6. The molecule has 2 aromatic heterocycles. The Labute approximate surface area is 219 Å². The Morgan fingerprint density at radius 2 is 1.72 bits per heavy atom. The van der Waals surface area contributed by atoms with Crippen LogP contribution in [-0.2, 0) is 17.9 Å². The minimum Gasteiger partial charge on any atom is -0.482 e. The van der Waals surface area contributed by atoms with Crippen LogP contribution in [0.2, 0.25) is 0 Å². The number of Topliss-reactive ketones (excluding diaryl/α,β-unsaturated/α-hetero) is 1. The largest absolute Gasteiger partial charge is 0.482 e. The lowest BCUT2D eigenvalue weighted by molar-refractivity contribution is -0.118. The molecule has 0 spiro atoms. The third kappa shape index (κ3) is 5.28. The van der Waals surface area contributed by atoms with Crippen molar-refractivity contribution in [2.75, 3.05) is 11.9 Å². The van der Waals surface area contributed by atoms with E-state index in [4.69, 9.17) is 4.74 Å². The Bertz CT molecular complexity index is 1670. The molecule has 5 rings (SSSR count). The summed E-state index contributed by atoms with van der Waals surface area (Å²) in [5.41, 5.74) is 0.670. The molecule has 39 heavy (non-hydrogen) atoms. The Hall–Kier alpha value is -5.20. The van der Waals surface area contributed by atoms with Crippen molar-refractivity contribution in [2.45, 2.75) is 20.0 Å². The maximum Gasteiger partial charge on any atom is 0.270 e. The summed E-state index contributed by atoms with van der Waals surface area (Å²) >= 11 is 0. The zero-order valence-electron chi connectivity index (χ0n) is 20.4. The number of nitrogens with one attached hydrogen (secondary N) is 3. The van der Waals surface area contributed by atoms with E-state index < -0.39 is 29.2 Å². The summed E-state index contributed by atoms with van der Waals surface area (Å²) in [6.07, 6.45) is 0.861. The number of ketones is 1. The number of anilines is 1. The second-order valence-corrected chi connectivity index (χ2v) is 8.66. The maximum absolute atomic E-state index is 14.3. The Balaban J connectivity index is 1.33. The van der Waals surface area contributed by atoms with Gasteiger partial charge in [-0.25, -0.2) is 18.3 Å². The molecule has 3 amide bonds. The lowest BCUT2D eigenvalue weighted by Gasteiger charge is -2.18. The number of hydrogen-bond donors (Lipinski definition) is 3. The molecule has 198 valence electrons. The van der Waals surface area contributed by atoms with Crippen LogP contribution >= 0.6 is 0 Å². The van der Waals surface area contributed by atoms with E-state index in [0.717, 1.165) is 22.8 Å². The lowest BCUT2D eigenvalue weighted by atomic mass is 10.1. The number of carbonyl (C=O) groups excluding carboxylic acids is 4. The van der Waals surface area contributed by atoms with E-state index >= 15 is 0 Å². The van der Waals surface area contributed by atoms with Crippen LogP contribution in [0.5, 0.6) is 5.75 Å². The molecule has 1 aliphatic heterocycles. The molecule has 0 unspecified atom stereocenters. The number of amides is 3. The topological polar surface area (TPSA) is 144 Å². The van der Waals surface area contributed by atoms with Crippen LogP contribution < -0.4 is 20.7 Å². The summed E-state index contributed by atoms with van der Waals surface area (Å²) in [4.78, 5) is 52.8. The van der Waals surface area contributed by atoms with Gasteiger partial charge in [-0.15, -0.1) is 0 Å². The molecule has 4 aromatic rings. The van der Waals surface area contributed by atoms with E-state index in [0.29, 0.717) is 22.6 Å². The average Bonchev–Trinajstić information content (AvgIpc) is 3.29. The summed E-state index contributed by atoms with van der Waals surface area (Å²) in [5, 5.41) is 11.7. The number of ether oxygens (including phenoxy) is 1. The molecule has 3 N–H and O–H groups in total. The first-order valence-corrected chi connectivity index (χ1v) is 11.6. The SMILES string of the molecule is CC(=O)c1ccc(CNC(=O)c2cc(C(=O)NCc3ccc4c(c3)NC(=O)CO4)nc3c(F)cnn23)cc1F. The van der Waals surface area contributed by atoms with Crippen LogP contribution in [0.1, 0.15) is 49.4 Å². The van der Waals surface area contributed by atoms with E-state index in [9.17, 15) is 28.0 Å². The molecule has 2 aromatic carbocycles. The molecule has 3 heterocycles. The highest BCUT2D eigenvalue weighted by molar-refractivity contribution is 5.98. The highest BCUT2D eigenvalue weighted by Gasteiger charge is 2.21. The molecule has 1 aliphatic rings. The second-order valence-electron chi connectivity index (χ2n) is 8.66. The summed E-state index contributed by atoms with van der Waals surface area (Å²) < 4.78 is 34.7. The predicted octanol–water partition coefficient (Wildman–Crippen LogP) is 2.40. The zero-order chi connectivity index (χ0) is 27.7. The van der Waals surface area contributed by atoms with Gasteiger partial charge in [-0.3, -0.25) is 19.2 Å². The van der Waals surface area contributed by atoms with Crippen LogP contribution in [-0.4, -0.2) is 44.7 Å². The highest BCUT2D eigenvalue weighted by Crippen LogP contribution is 2.28. The van der Waals surface area contributed by atoms with Gasteiger partial charge < -0.3 is 20.7 Å². The van der Waals surface area contributed by atoms with Crippen molar-refractivity contribution in [3.05, 3.63) is 88.4 Å². The fraction of sp³-hybridized carbons (Fsp3) is 0.154. The number of aromatic nitrogens is 3. The number of carbonyl (C=O) groups is 4. The Morgan fingerprint density at radius 1 is 1.00 bits per heavy atom. The predicted molar refractivity (Wildman–Crippen MR) is 132 cm³/mol. The van der Waals surface area contributed by atoms with Crippen molar-refractivity contribution in [3.63, 3.8) is 0 Å². The molecule has 0 atom stereocenters. The first kappa shape index (κ1) is 25.4. The average molecular weight is 534 g/mol. The molecule has 0 saturated heterocycles. The minimum absolute atomic E-state index is 0.0416. The van der Waals surface area contributed by atoms with E-state index in [-0.39, 0.29) is 48.2 Å². The van der Waals surface area contributed by atoms with Gasteiger partial charge in [0, 0.05) is 19.2 Å². The zero-order valence-corrected chi connectivity index (χ0v) is 20.4. The number of rotatable bonds is 7. The third-order valence-corrected chi connectivity index (χ3v) is 5.89. The van der Waals surface area contributed by atoms with Gasteiger partial charge >= 0.3 is 0 Å². The van der Waals surface area contributed by atoms with Crippen molar-refractivity contribution >= 4 is 34.8 Å². The summed E-state index contributed by atoms with van der Waals surface area (Å²) in [6, 6.07) is 10.1. The van der Waals surface area contributed by atoms with E-state index in [2.05, 4.69) is 26.0 Å². The first-order chi connectivity index (χ1) is 18.7. The van der Waals surface area contributed by atoms with Gasteiger partial charge in [0.1, 0.15) is 23.0 Å². The molecule has 13 heteroatoms. The molecular weight excluding hydrogens is 514 g/mol. The smallest absolute Gasteiger partial charge is 0.270 e. The van der Waals surface area contributed by atoms with Gasteiger partial charge in [0.25, 0.3) is 17.7 Å².